The summed E-state index contributed by atoms with van der Waals surface area (Å²) >= 11 is 0. The number of hydrogen-bond acceptors (Lipinski definition) is 1. The van der Waals surface area contributed by atoms with Gasteiger partial charge in [0.15, 0.2) is 0 Å². The molecule has 20 heavy (non-hydrogen) atoms. The maximum absolute atomic E-state index is 10.8. The number of rotatable bonds is 5. The molecular weight excluding hydrogens is 244 g/mol. The van der Waals surface area contributed by atoms with Crippen molar-refractivity contribution in [2.24, 2.45) is 5.41 Å². The minimum Gasteiger partial charge on any atom is -0.388 e. The third-order valence-corrected chi connectivity index (χ3v) is 5.78. The lowest BCUT2D eigenvalue weighted by molar-refractivity contribution is 0.0237. The molecule has 1 atom stereocenters. The fourth-order valence-corrected chi connectivity index (χ4v) is 3.57. The lowest BCUT2D eigenvalue weighted by atomic mass is 9.74. The molecule has 1 heteroatoms. The van der Waals surface area contributed by atoms with Gasteiger partial charge in [-0.3, -0.25) is 0 Å². The van der Waals surface area contributed by atoms with Crippen molar-refractivity contribution in [3.8, 4) is 0 Å². The summed E-state index contributed by atoms with van der Waals surface area (Å²) in [5.74, 6) is 0. The van der Waals surface area contributed by atoms with Crippen molar-refractivity contribution in [3.05, 3.63) is 35.4 Å². The number of hydrogen-bond donors (Lipinski definition) is 1. The lowest BCUT2D eigenvalue weighted by Gasteiger charge is -2.34. The topological polar surface area (TPSA) is 20.2 Å². The van der Waals surface area contributed by atoms with Gasteiger partial charge in [0.1, 0.15) is 0 Å². The van der Waals surface area contributed by atoms with Gasteiger partial charge in [-0.2, -0.15) is 0 Å². The minimum absolute atomic E-state index is 0.127. The summed E-state index contributed by atoms with van der Waals surface area (Å²) in [6.45, 7) is 9.02. The van der Waals surface area contributed by atoms with Crippen LogP contribution in [-0.4, -0.2) is 5.11 Å². The van der Waals surface area contributed by atoms with E-state index in [2.05, 4.69) is 52.0 Å². The van der Waals surface area contributed by atoms with Gasteiger partial charge < -0.3 is 5.11 Å². The molecule has 1 aromatic rings. The molecule has 1 fully saturated rings. The molecule has 0 radical (unpaired) electrons. The molecule has 0 amide bonds. The van der Waals surface area contributed by atoms with Crippen molar-refractivity contribution in [1.29, 1.82) is 0 Å². The van der Waals surface area contributed by atoms with Gasteiger partial charge in [0.05, 0.1) is 6.10 Å². The van der Waals surface area contributed by atoms with E-state index in [0.29, 0.717) is 0 Å². The normalized spacial score (nSPS) is 20.1. The first-order valence-electron chi connectivity index (χ1n) is 8.24. The monoisotopic (exact) mass is 274 g/mol. The van der Waals surface area contributed by atoms with Crippen molar-refractivity contribution in [1.82, 2.24) is 0 Å². The van der Waals surface area contributed by atoms with Crippen LogP contribution in [0.5, 0.6) is 0 Å². The summed E-state index contributed by atoms with van der Waals surface area (Å²) < 4.78 is 0. The maximum Gasteiger partial charge on any atom is 0.0846 e. The summed E-state index contributed by atoms with van der Waals surface area (Å²) in [6.07, 6.45) is 6.80. The van der Waals surface area contributed by atoms with Crippen LogP contribution < -0.4 is 0 Å². The van der Waals surface area contributed by atoms with Crippen LogP contribution in [0, 0.1) is 5.41 Å². The van der Waals surface area contributed by atoms with Crippen molar-refractivity contribution >= 4 is 0 Å². The number of benzene rings is 1. The summed E-state index contributed by atoms with van der Waals surface area (Å²) in [6, 6.07) is 8.71. The van der Waals surface area contributed by atoms with Crippen LogP contribution in [0.4, 0.5) is 0 Å². The molecule has 0 saturated heterocycles. The fraction of sp³-hybridized carbons (Fsp3) is 0.684. The molecule has 1 saturated carbocycles. The molecule has 0 heterocycles. The minimum atomic E-state index is -0.297. The van der Waals surface area contributed by atoms with Crippen molar-refractivity contribution < 1.29 is 5.11 Å². The number of aliphatic hydroxyl groups is 1. The third kappa shape index (κ3) is 2.79. The van der Waals surface area contributed by atoms with Crippen LogP contribution in [0.25, 0.3) is 0 Å². The molecule has 0 bridgehead atoms. The van der Waals surface area contributed by atoms with Crippen LogP contribution >= 0.6 is 0 Å². The molecule has 0 aliphatic heterocycles. The SMILES string of the molecule is CCC(C)(C)c1ccc(C(O)C2(CC)CCCC2)cc1. The zero-order valence-electron chi connectivity index (χ0n) is 13.6. The summed E-state index contributed by atoms with van der Waals surface area (Å²) in [7, 11) is 0. The Morgan fingerprint density at radius 3 is 2.10 bits per heavy atom. The Kier molecular flexibility index (Phi) is 4.59. The summed E-state index contributed by atoms with van der Waals surface area (Å²) in [4.78, 5) is 0. The average molecular weight is 274 g/mol. The van der Waals surface area contributed by atoms with E-state index in [1.54, 1.807) is 0 Å². The Hall–Kier alpha value is -0.820. The van der Waals surface area contributed by atoms with Gasteiger partial charge in [-0.1, -0.05) is 64.8 Å². The van der Waals surface area contributed by atoms with E-state index in [-0.39, 0.29) is 16.9 Å². The Morgan fingerprint density at radius 1 is 1.10 bits per heavy atom. The highest BCUT2D eigenvalue weighted by atomic mass is 16.3. The third-order valence-electron chi connectivity index (χ3n) is 5.78. The first kappa shape index (κ1) is 15.6. The van der Waals surface area contributed by atoms with E-state index >= 15 is 0 Å². The first-order chi connectivity index (χ1) is 9.45. The van der Waals surface area contributed by atoms with Gasteiger partial charge in [-0.25, -0.2) is 0 Å². The van der Waals surface area contributed by atoms with Crippen LogP contribution in [0.15, 0.2) is 24.3 Å². The molecule has 2 rings (SSSR count). The zero-order valence-corrected chi connectivity index (χ0v) is 13.6. The van der Waals surface area contributed by atoms with E-state index in [1.807, 2.05) is 0 Å². The Morgan fingerprint density at radius 2 is 1.65 bits per heavy atom. The second kappa shape index (κ2) is 5.89. The van der Waals surface area contributed by atoms with Gasteiger partial charge >= 0.3 is 0 Å². The van der Waals surface area contributed by atoms with Crippen molar-refractivity contribution in [3.63, 3.8) is 0 Å². The molecule has 112 valence electrons. The van der Waals surface area contributed by atoms with Crippen LogP contribution in [0.1, 0.15) is 83.5 Å². The molecular formula is C19H30O. The van der Waals surface area contributed by atoms with Crippen molar-refractivity contribution in [2.75, 3.05) is 0 Å². The van der Waals surface area contributed by atoms with Gasteiger partial charge in [0, 0.05) is 5.41 Å². The van der Waals surface area contributed by atoms with Crippen molar-refractivity contribution in [2.45, 2.75) is 77.7 Å². The molecule has 1 nitrogen and oxygen atoms in total. The van der Waals surface area contributed by atoms with Crippen LogP contribution in [0.3, 0.4) is 0 Å². The quantitative estimate of drug-likeness (QED) is 0.764. The zero-order chi connectivity index (χ0) is 14.8. The highest BCUT2D eigenvalue weighted by molar-refractivity contribution is 5.30. The van der Waals surface area contributed by atoms with E-state index in [9.17, 15) is 5.11 Å². The largest absolute Gasteiger partial charge is 0.388 e. The summed E-state index contributed by atoms with van der Waals surface area (Å²) in [5.41, 5.74) is 2.82. The van der Waals surface area contributed by atoms with Crippen LogP contribution in [-0.2, 0) is 5.41 Å². The van der Waals surface area contributed by atoms with E-state index in [4.69, 9.17) is 0 Å². The molecule has 1 aliphatic carbocycles. The molecule has 1 aromatic carbocycles. The Balaban J connectivity index is 2.21. The molecule has 0 aromatic heterocycles. The first-order valence-corrected chi connectivity index (χ1v) is 8.24. The second-order valence-corrected chi connectivity index (χ2v) is 7.19. The van der Waals surface area contributed by atoms with Crippen LogP contribution in [0.2, 0.25) is 0 Å². The van der Waals surface area contributed by atoms with E-state index in [1.165, 1.54) is 31.2 Å². The molecule has 1 aliphatic rings. The lowest BCUT2D eigenvalue weighted by Crippen LogP contribution is -2.25. The predicted molar refractivity (Wildman–Crippen MR) is 85.9 cm³/mol. The molecule has 0 spiro atoms. The molecule has 1 N–H and O–H groups in total. The maximum atomic E-state index is 10.8. The molecule has 1 unspecified atom stereocenters. The van der Waals surface area contributed by atoms with E-state index < -0.39 is 0 Å². The highest BCUT2D eigenvalue weighted by Crippen LogP contribution is 2.50. The van der Waals surface area contributed by atoms with Gasteiger partial charge in [-0.15, -0.1) is 0 Å². The standard InChI is InChI=1S/C19H30O/c1-5-18(3,4)16-11-9-15(10-12-16)17(20)19(6-2)13-7-8-14-19/h9-12,17,20H,5-8,13-14H2,1-4H3. The Labute approximate surface area is 124 Å². The number of aliphatic hydroxyl groups excluding tert-OH is 1. The fourth-order valence-electron chi connectivity index (χ4n) is 3.57. The van der Waals surface area contributed by atoms with Gasteiger partial charge in [0.2, 0.25) is 0 Å². The van der Waals surface area contributed by atoms with Gasteiger partial charge in [-0.05, 0) is 42.2 Å². The summed E-state index contributed by atoms with van der Waals surface area (Å²) in [5, 5.41) is 10.8. The highest BCUT2D eigenvalue weighted by Gasteiger charge is 2.39. The van der Waals surface area contributed by atoms with E-state index in [0.717, 1.165) is 18.4 Å². The smallest absolute Gasteiger partial charge is 0.0846 e. The Bertz CT molecular complexity index is 424. The average Bonchev–Trinajstić information content (AvgIpc) is 2.96. The second-order valence-electron chi connectivity index (χ2n) is 7.19. The predicted octanol–water partition coefficient (Wildman–Crippen LogP) is 5.38. The van der Waals surface area contributed by atoms with Gasteiger partial charge in [0.25, 0.3) is 0 Å².